The number of hydrogen-bond acceptors (Lipinski definition) is 3. The molecule has 0 aliphatic carbocycles. The second-order valence-electron chi connectivity index (χ2n) is 7.44. The summed E-state index contributed by atoms with van der Waals surface area (Å²) in [6, 6.07) is 12.4. The average molecular weight is 379 g/mol. The number of rotatable bonds is 5. The molecule has 6 heteroatoms. The van der Waals surface area contributed by atoms with Crippen LogP contribution >= 0.6 is 0 Å². The molecule has 1 aliphatic heterocycles. The first-order valence-corrected chi connectivity index (χ1v) is 9.46. The van der Waals surface area contributed by atoms with E-state index in [1.54, 1.807) is 42.2 Å². The molecule has 3 rings (SSSR count). The summed E-state index contributed by atoms with van der Waals surface area (Å²) < 4.78 is 0. The van der Waals surface area contributed by atoms with Crippen LogP contribution in [0.4, 0.5) is 17.1 Å². The summed E-state index contributed by atoms with van der Waals surface area (Å²) in [5.74, 6) is 0.0788. The maximum absolute atomic E-state index is 12.6. The minimum atomic E-state index is -0.208. The Kier molecular flexibility index (Phi) is 5.78. The van der Waals surface area contributed by atoms with Gasteiger partial charge in [0.25, 0.3) is 5.91 Å². The zero-order valence-electron chi connectivity index (χ0n) is 16.4. The highest BCUT2D eigenvalue weighted by atomic mass is 16.2. The predicted octanol–water partition coefficient (Wildman–Crippen LogP) is 3.83. The van der Waals surface area contributed by atoms with Gasteiger partial charge in [0.1, 0.15) is 0 Å². The molecule has 0 fully saturated rings. The molecule has 146 valence electrons. The van der Waals surface area contributed by atoms with Crippen LogP contribution in [0, 0.1) is 5.92 Å². The fourth-order valence-corrected chi connectivity index (χ4v) is 3.29. The molecule has 1 aliphatic rings. The van der Waals surface area contributed by atoms with Crippen LogP contribution in [0.5, 0.6) is 0 Å². The Morgan fingerprint density at radius 1 is 1.00 bits per heavy atom. The molecule has 0 unspecified atom stereocenters. The van der Waals surface area contributed by atoms with Gasteiger partial charge in [-0.2, -0.15) is 0 Å². The summed E-state index contributed by atoms with van der Waals surface area (Å²) in [7, 11) is 0. The van der Waals surface area contributed by atoms with E-state index in [1.165, 1.54) is 0 Å². The number of amides is 3. The Morgan fingerprint density at radius 3 is 2.25 bits per heavy atom. The highest BCUT2D eigenvalue weighted by Gasteiger charge is 2.23. The van der Waals surface area contributed by atoms with Gasteiger partial charge >= 0.3 is 0 Å². The fraction of sp³-hybridized carbons (Fsp3) is 0.318. The molecule has 2 N–H and O–H groups in total. The number of hydrogen-bond donors (Lipinski definition) is 2. The SMILES string of the molecule is CC(=O)N1CCc2cc(C(=O)Nc3ccc(NC(=O)CC(C)C)cc3)ccc21. The van der Waals surface area contributed by atoms with E-state index < -0.39 is 0 Å². The van der Waals surface area contributed by atoms with E-state index in [1.807, 2.05) is 26.0 Å². The van der Waals surface area contributed by atoms with Gasteiger partial charge in [-0.3, -0.25) is 14.4 Å². The third kappa shape index (κ3) is 4.57. The van der Waals surface area contributed by atoms with E-state index in [9.17, 15) is 14.4 Å². The summed E-state index contributed by atoms with van der Waals surface area (Å²) in [5, 5.41) is 5.71. The third-order valence-corrected chi connectivity index (χ3v) is 4.64. The highest BCUT2D eigenvalue weighted by molar-refractivity contribution is 6.05. The number of nitrogens with zero attached hydrogens (tertiary/aromatic N) is 1. The van der Waals surface area contributed by atoms with Crippen LogP contribution in [-0.4, -0.2) is 24.3 Å². The summed E-state index contributed by atoms with van der Waals surface area (Å²) in [6.07, 6.45) is 1.22. The molecule has 0 bridgehead atoms. The molecule has 0 spiro atoms. The van der Waals surface area contributed by atoms with Gasteiger partial charge < -0.3 is 15.5 Å². The van der Waals surface area contributed by atoms with Crippen molar-refractivity contribution in [2.24, 2.45) is 5.92 Å². The normalized spacial score (nSPS) is 12.6. The minimum Gasteiger partial charge on any atom is -0.326 e. The van der Waals surface area contributed by atoms with E-state index in [4.69, 9.17) is 0 Å². The van der Waals surface area contributed by atoms with Crippen molar-refractivity contribution >= 4 is 34.8 Å². The van der Waals surface area contributed by atoms with Gasteiger partial charge in [-0.15, -0.1) is 0 Å². The van der Waals surface area contributed by atoms with Crippen molar-refractivity contribution in [2.45, 2.75) is 33.6 Å². The van der Waals surface area contributed by atoms with E-state index in [0.717, 1.165) is 17.7 Å². The summed E-state index contributed by atoms with van der Waals surface area (Å²) in [4.78, 5) is 37.7. The van der Waals surface area contributed by atoms with Crippen molar-refractivity contribution in [2.75, 3.05) is 22.1 Å². The maximum Gasteiger partial charge on any atom is 0.255 e. The Hall–Kier alpha value is -3.15. The first-order chi connectivity index (χ1) is 13.3. The fourth-order valence-electron chi connectivity index (χ4n) is 3.29. The number of carbonyl (C=O) groups is 3. The number of nitrogens with one attached hydrogen (secondary N) is 2. The number of fused-ring (bicyclic) bond motifs is 1. The van der Waals surface area contributed by atoms with Crippen molar-refractivity contribution in [3.8, 4) is 0 Å². The minimum absolute atomic E-state index is 0.0107. The van der Waals surface area contributed by atoms with Gasteiger partial charge in [-0.05, 0) is 60.4 Å². The third-order valence-electron chi connectivity index (χ3n) is 4.64. The number of anilines is 3. The van der Waals surface area contributed by atoms with Crippen molar-refractivity contribution in [3.05, 3.63) is 53.6 Å². The van der Waals surface area contributed by atoms with Crippen LogP contribution in [0.1, 0.15) is 43.1 Å². The average Bonchev–Trinajstić information content (AvgIpc) is 3.06. The van der Waals surface area contributed by atoms with Gasteiger partial charge in [-0.1, -0.05) is 13.8 Å². The molecule has 0 radical (unpaired) electrons. The molecule has 3 amide bonds. The number of carbonyl (C=O) groups excluding carboxylic acids is 3. The van der Waals surface area contributed by atoms with Gasteiger partial charge in [0.15, 0.2) is 0 Å². The smallest absolute Gasteiger partial charge is 0.255 e. The Morgan fingerprint density at radius 2 is 1.64 bits per heavy atom. The van der Waals surface area contributed by atoms with Crippen molar-refractivity contribution in [1.82, 2.24) is 0 Å². The summed E-state index contributed by atoms with van der Waals surface area (Å²) in [6.45, 7) is 6.19. The van der Waals surface area contributed by atoms with Crippen LogP contribution in [0.2, 0.25) is 0 Å². The zero-order chi connectivity index (χ0) is 20.3. The quantitative estimate of drug-likeness (QED) is 0.829. The first-order valence-electron chi connectivity index (χ1n) is 9.46. The van der Waals surface area contributed by atoms with E-state index in [2.05, 4.69) is 10.6 Å². The lowest BCUT2D eigenvalue weighted by molar-refractivity contribution is -0.117. The molecule has 2 aromatic rings. The van der Waals surface area contributed by atoms with Gasteiger partial charge in [0, 0.05) is 42.5 Å². The first kappa shape index (κ1) is 19.6. The van der Waals surface area contributed by atoms with Crippen LogP contribution < -0.4 is 15.5 Å². The molecule has 28 heavy (non-hydrogen) atoms. The highest BCUT2D eigenvalue weighted by Crippen LogP contribution is 2.29. The topological polar surface area (TPSA) is 78.5 Å². The Bertz CT molecular complexity index is 904. The number of benzene rings is 2. The molecule has 2 aromatic carbocycles. The lowest BCUT2D eigenvalue weighted by Crippen LogP contribution is -2.25. The Labute approximate surface area is 164 Å². The van der Waals surface area contributed by atoms with Gasteiger partial charge in [0.05, 0.1) is 0 Å². The van der Waals surface area contributed by atoms with Crippen LogP contribution in [0.3, 0.4) is 0 Å². The zero-order valence-corrected chi connectivity index (χ0v) is 16.4. The molecule has 1 heterocycles. The van der Waals surface area contributed by atoms with Crippen LogP contribution in [0.25, 0.3) is 0 Å². The molecular formula is C22H25N3O3. The van der Waals surface area contributed by atoms with Crippen LogP contribution in [-0.2, 0) is 16.0 Å². The monoisotopic (exact) mass is 379 g/mol. The lowest BCUT2D eigenvalue weighted by atomic mass is 10.1. The molecular weight excluding hydrogens is 354 g/mol. The second kappa shape index (κ2) is 8.25. The molecule has 6 nitrogen and oxygen atoms in total. The molecule has 0 atom stereocenters. The second-order valence-corrected chi connectivity index (χ2v) is 7.44. The van der Waals surface area contributed by atoms with E-state index >= 15 is 0 Å². The van der Waals surface area contributed by atoms with Crippen molar-refractivity contribution in [3.63, 3.8) is 0 Å². The van der Waals surface area contributed by atoms with Gasteiger partial charge in [-0.25, -0.2) is 0 Å². The molecule has 0 saturated carbocycles. The molecule has 0 saturated heterocycles. The van der Waals surface area contributed by atoms with Crippen molar-refractivity contribution in [1.29, 1.82) is 0 Å². The summed E-state index contributed by atoms with van der Waals surface area (Å²) >= 11 is 0. The molecule has 0 aromatic heterocycles. The predicted molar refractivity (Wildman–Crippen MR) is 111 cm³/mol. The standard InChI is InChI=1S/C22H25N3O3/c1-14(2)12-21(27)23-18-5-7-19(8-6-18)24-22(28)17-4-9-20-16(13-17)10-11-25(20)15(3)26/h4-9,13-14H,10-12H2,1-3H3,(H,23,27)(H,24,28). The van der Waals surface area contributed by atoms with E-state index in [-0.39, 0.29) is 17.7 Å². The van der Waals surface area contributed by atoms with Gasteiger partial charge in [0.2, 0.25) is 11.8 Å². The van der Waals surface area contributed by atoms with Crippen molar-refractivity contribution < 1.29 is 14.4 Å². The van der Waals surface area contributed by atoms with Crippen LogP contribution in [0.15, 0.2) is 42.5 Å². The Balaban J connectivity index is 1.64. The maximum atomic E-state index is 12.6. The largest absolute Gasteiger partial charge is 0.326 e. The summed E-state index contributed by atoms with van der Waals surface area (Å²) in [5.41, 5.74) is 3.79. The van der Waals surface area contributed by atoms with E-state index in [0.29, 0.717) is 35.8 Å². The lowest BCUT2D eigenvalue weighted by Gasteiger charge is -2.15.